The van der Waals surface area contributed by atoms with Crippen LogP contribution in [0.4, 0.5) is 18.9 Å². The fourth-order valence-corrected chi connectivity index (χ4v) is 3.78. The number of hydrogen-bond acceptors (Lipinski definition) is 5. The molecule has 9 heteroatoms. The quantitative estimate of drug-likeness (QED) is 0.605. The van der Waals surface area contributed by atoms with Crippen molar-refractivity contribution in [3.8, 4) is 11.4 Å². The second-order valence-electron chi connectivity index (χ2n) is 7.94. The highest BCUT2D eigenvalue weighted by molar-refractivity contribution is 5.92. The van der Waals surface area contributed by atoms with Gasteiger partial charge < -0.3 is 9.84 Å². The maximum absolute atomic E-state index is 12.7. The van der Waals surface area contributed by atoms with Crippen molar-refractivity contribution in [2.45, 2.75) is 32.5 Å². The van der Waals surface area contributed by atoms with Crippen molar-refractivity contribution in [2.75, 3.05) is 18.4 Å². The highest BCUT2D eigenvalue weighted by Gasteiger charge is 2.30. The van der Waals surface area contributed by atoms with Gasteiger partial charge in [-0.2, -0.15) is 18.2 Å². The molecule has 1 fully saturated rings. The molecule has 32 heavy (non-hydrogen) atoms. The van der Waals surface area contributed by atoms with E-state index < -0.39 is 11.7 Å². The van der Waals surface area contributed by atoms with Crippen LogP contribution < -0.4 is 5.32 Å². The number of alkyl halides is 3. The third kappa shape index (κ3) is 5.16. The lowest BCUT2D eigenvalue weighted by Gasteiger charge is -2.30. The van der Waals surface area contributed by atoms with E-state index >= 15 is 0 Å². The smallest absolute Gasteiger partial charge is 0.338 e. The van der Waals surface area contributed by atoms with Crippen LogP contribution in [-0.4, -0.2) is 34.0 Å². The molecule has 1 aliphatic rings. The van der Waals surface area contributed by atoms with Crippen molar-refractivity contribution in [2.24, 2.45) is 5.92 Å². The predicted octanol–water partition coefficient (Wildman–Crippen LogP) is 4.91. The Labute approximate surface area is 183 Å². The molecular weight excluding hydrogens is 421 g/mol. The highest BCUT2D eigenvalue weighted by Crippen LogP contribution is 2.30. The summed E-state index contributed by atoms with van der Waals surface area (Å²) in [6.45, 7) is 3.87. The van der Waals surface area contributed by atoms with Gasteiger partial charge in [0.15, 0.2) is 0 Å². The number of piperidine rings is 1. The minimum atomic E-state index is -4.39. The first-order chi connectivity index (χ1) is 15.3. The molecule has 0 spiro atoms. The lowest BCUT2D eigenvalue weighted by atomic mass is 9.96. The Kier molecular flexibility index (Phi) is 6.27. The third-order valence-electron chi connectivity index (χ3n) is 5.65. The molecule has 0 unspecified atom stereocenters. The number of carbonyl (C=O) groups excluding carboxylic acids is 1. The van der Waals surface area contributed by atoms with Gasteiger partial charge >= 0.3 is 6.18 Å². The number of likely N-dealkylation sites (tertiary alicyclic amines) is 1. The van der Waals surface area contributed by atoms with Crippen LogP contribution in [0.3, 0.4) is 0 Å². The summed E-state index contributed by atoms with van der Waals surface area (Å²) in [6.07, 6.45) is -3.11. The van der Waals surface area contributed by atoms with Crippen LogP contribution in [0.25, 0.3) is 11.4 Å². The Bertz CT molecular complexity index is 1070. The molecular formula is C23H23F3N4O2. The summed E-state index contributed by atoms with van der Waals surface area (Å²) in [7, 11) is 0. The van der Waals surface area contributed by atoms with Gasteiger partial charge in [0.2, 0.25) is 17.6 Å². The standard InChI is InChI=1S/C23H23F3N4O2/c1-15-4-2-3-5-19(15)21-28-20(32-29-21)14-30-12-10-16(11-13-30)22(31)27-18-8-6-17(7-9-18)23(24,25)26/h2-9,16H,10-14H2,1H3,(H,27,31). The number of halogens is 3. The second kappa shape index (κ2) is 9.12. The molecule has 168 valence electrons. The molecule has 6 nitrogen and oxygen atoms in total. The van der Waals surface area contributed by atoms with Crippen molar-refractivity contribution in [1.82, 2.24) is 15.0 Å². The monoisotopic (exact) mass is 444 g/mol. The van der Waals surface area contributed by atoms with Crippen LogP contribution in [0.1, 0.15) is 29.9 Å². The molecule has 0 aliphatic carbocycles. The van der Waals surface area contributed by atoms with Crippen LogP contribution >= 0.6 is 0 Å². The van der Waals surface area contributed by atoms with E-state index in [9.17, 15) is 18.0 Å². The van der Waals surface area contributed by atoms with E-state index in [0.29, 0.717) is 49.9 Å². The van der Waals surface area contributed by atoms with Gasteiger partial charge in [0.25, 0.3) is 0 Å². The molecule has 3 aromatic rings. The molecule has 2 heterocycles. The minimum absolute atomic E-state index is 0.177. The number of aryl methyl sites for hydroxylation is 1. The molecule has 0 radical (unpaired) electrons. The zero-order chi connectivity index (χ0) is 22.7. The second-order valence-corrected chi connectivity index (χ2v) is 7.94. The summed E-state index contributed by atoms with van der Waals surface area (Å²) in [4.78, 5) is 19.2. The molecule has 1 aromatic heterocycles. The number of hydrogen-bond donors (Lipinski definition) is 1. The average molecular weight is 444 g/mol. The lowest BCUT2D eigenvalue weighted by molar-refractivity contribution is -0.137. The molecule has 0 bridgehead atoms. The fourth-order valence-electron chi connectivity index (χ4n) is 3.78. The van der Waals surface area contributed by atoms with Gasteiger partial charge in [0.1, 0.15) is 0 Å². The Morgan fingerprint density at radius 3 is 2.47 bits per heavy atom. The largest absolute Gasteiger partial charge is 0.416 e. The molecule has 0 atom stereocenters. The van der Waals surface area contributed by atoms with E-state index in [-0.39, 0.29) is 11.8 Å². The Balaban J connectivity index is 1.28. The van der Waals surface area contributed by atoms with Crippen LogP contribution in [0.15, 0.2) is 53.1 Å². The van der Waals surface area contributed by atoms with Crippen LogP contribution in [-0.2, 0) is 17.5 Å². The molecule has 1 amide bonds. The summed E-state index contributed by atoms with van der Waals surface area (Å²) >= 11 is 0. The summed E-state index contributed by atoms with van der Waals surface area (Å²) < 4.78 is 43.4. The van der Waals surface area contributed by atoms with Gasteiger partial charge in [0.05, 0.1) is 12.1 Å². The van der Waals surface area contributed by atoms with Gasteiger partial charge in [-0.25, -0.2) is 0 Å². The van der Waals surface area contributed by atoms with Crippen molar-refractivity contribution in [3.63, 3.8) is 0 Å². The number of rotatable bonds is 5. The van der Waals surface area contributed by atoms with Crippen molar-refractivity contribution >= 4 is 11.6 Å². The van der Waals surface area contributed by atoms with Crippen molar-refractivity contribution in [3.05, 3.63) is 65.5 Å². The van der Waals surface area contributed by atoms with Gasteiger partial charge in [-0.05, 0) is 62.7 Å². The van der Waals surface area contributed by atoms with E-state index in [1.165, 1.54) is 12.1 Å². The maximum atomic E-state index is 12.7. The Morgan fingerprint density at radius 1 is 1.12 bits per heavy atom. The van der Waals surface area contributed by atoms with E-state index in [1.54, 1.807) is 0 Å². The number of nitrogens with one attached hydrogen (secondary N) is 1. The van der Waals surface area contributed by atoms with Gasteiger partial charge in [-0.1, -0.05) is 29.4 Å². The molecule has 0 saturated carbocycles. The lowest BCUT2D eigenvalue weighted by Crippen LogP contribution is -2.37. The van der Waals surface area contributed by atoms with E-state index in [0.717, 1.165) is 23.3 Å². The minimum Gasteiger partial charge on any atom is -0.338 e. The van der Waals surface area contributed by atoms with Crippen LogP contribution in [0.5, 0.6) is 0 Å². The Hall–Kier alpha value is -3.20. The maximum Gasteiger partial charge on any atom is 0.416 e. The zero-order valence-corrected chi connectivity index (χ0v) is 17.5. The molecule has 2 aromatic carbocycles. The topological polar surface area (TPSA) is 71.3 Å². The van der Waals surface area contributed by atoms with Gasteiger partial charge in [-0.3, -0.25) is 9.69 Å². The van der Waals surface area contributed by atoms with Crippen LogP contribution in [0.2, 0.25) is 0 Å². The summed E-state index contributed by atoms with van der Waals surface area (Å²) in [5, 5.41) is 6.79. The third-order valence-corrected chi connectivity index (χ3v) is 5.65. The van der Waals surface area contributed by atoms with E-state index in [1.807, 2.05) is 31.2 Å². The molecule has 1 aliphatic heterocycles. The van der Waals surface area contributed by atoms with Gasteiger partial charge in [0, 0.05) is 17.2 Å². The Morgan fingerprint density at radius 2 is 1.81 bits per heavy atom. The number of aromatic nitrogens is 2. The first kappa shape index (κ1) is 22.0. The predicted molar refractivity (Wildman–Crippen MR) is 113 cm³/mol. The number of amides is 1. The van der Waals surface area contributed by atoms with Crippen molar-refractivity contribution < 1.29 is 22.5 Å². The number of carbonyl (C=O) groups is 1. The van der Waals surface area contributed by atoms with Crippen molar-refractivity contribution in [1.29, 1.82) is 0 Å². The number of nitrogens with zero attached hydrogens (tertiary/aromatic N) is 3. The summed E-state index contributed by atoms with van der Waals surface area (Å²) in [5.41, 5.74) is 1.62. The normalized spacial score (nSPS) is 15.6. The summed E-state index contributed by atoms with van der Waals surface area (Å²) in [5.74, 6) is 0.711. The number of anilines is 1. The first-order valence-corrected chi connectivity index (χ1v) is 10.4. The summed E-state index contributed by atoms with van der Waals surface area (Å²) in [6, 6.07) is 12.3. The molecule has 1 saturated heterocycles. The highest BCUT2D eigenvalue weighted by atomic mass is 19.4. The van der Waals surface area contributed by atoms with E-state index in [2.05, 4.69) is 20.4 Å². The molecule has 4 rings (SSSR count). The first-order valence-electron chi connectivity index (χ1n) is 10.4. The van der Waals surface area contributed by atoms with E-state index in [4.69, 9.17) is 4.52 Å². The van der Waals surface area contributed by atoms with Gasteiger partial charge in [-0.15, -0.1) is 0 Å². The zero-order valence-electron chi connectivity index (χ0n) is 17.5. The fraction of sp³-hybridized carbons (Fsp3) is 0.348. The average Bonchev–Trinajstić information content (AvgIpc) is 3.22. The molecule has 1 N–H and O–H groups in total. The SMILES string of the molecule is Cc1ccccc1-c1noc(CN2CCC(C(=O)Nc3ccc(C(F)(F)F)cc3)CC2)n1. The number of benzene rings is 2. The van der Waals surface area contributed by atoms with Crippen LogP contribution in [0, 0.1) is 12.8 Å².